The van der Waals surface area contributed by atoms with E-state index in [0.717, 1.165) is 22.6 Å². The first-order chi connectivity index (χ1) is 8.13. The Morgan fingerprint density at radius 1 is 1.41 bits per heavy atom. The lowest BCUT2D eigenvalue weighted by molar-refractivity contribution is 0.627. The van der Waals surface area contributed by atoms with Crippen molar-refractivity contribution in [1.82, 2.24) is 9.97 Å². The third-order valence-corrected chi connectivity index (χ3v) is 4.10. The van der Waals surface area contributed by atoms with E-state index in [1.54, 1.807) is 17.7 Å². The van der Waals surface area contributed by atoms with E-state index in [1.807, 2.05) is 0 Å². The van der Waals surface area contributed by atoms with Crippen LogP contribution < -0.4 is 11.1 Å². The van der Waals surface area contributed by atoms with E-state index >= 15 is 0 Å². The quantitative estimate of drug-likeness (QED) is 0.874. The maximum atomic E-state index is 5.61. The molecule has 2 rings (SSSR count). The molecule has 0 saturated heterocycles. The van der Waals surface area contributed by atoms with Gasteiger partial charge in [-0.05, 0) is 31.9 Å². The van der Waals surface area contributed by atoms with Gasteiger partial charge in [0.05, 0.1) is 5.39 Å². The molecule has 1 unspecified atom stereocenters. The first-order valence-electron chi connectivity index (χ1n) is 5.78. The minimum Gasteiger partial charge on any atom is -0.369 e. The van der Waals surface area contributed by atoms with Crippen molar-refractivity contribution in [3.63, 3.8) is 0 Å². The topological polar surface area (TPSA) is 63.8 Å². The molecule has 4 nitrogen and oxygen atoms in total. The van der Waals surface area contributed by atoms with Crippen LogP contribution in [0.5, 0.6) is 0 Å². The Morgan fingerprint density at radius 2 is 2.18 bits per heavy atom. The molecule has 2 aromatic rings. The van der Waals surface area contributed by atoms with Crippen LogP contribution >= 0.6 is 11.3 Å². The molecule has 2 heterocycles. The minimum absolute atomic E-state index is 0.444. The summed E-state index contributed by atoms with van der Waals surface area (Å²) in [6, 6.07) is 0. The molecule has 0 aromatic carbocycles. The van der Waals surface area contributed by atoms with Gasteiger partial charge in [-0.15, -0.1) is 11.3 Å². The van der Waals surface area contributed by atoms with Crippen LogP contribution in [0.15, 0.2) is 6.33 Å². The predicted molar refractivity (Wildman–Crippen MR) is 73.6 cm³/mol. The van der Waals surface area contributed by atoms with Gasteiger partial charge in [-0.1, -0.05) is 6.92 Å². The fourth-order valence-corrected chi connectivity index (χ4v) is 2.67. The molecule has 3 N–H and O–H groups in total. The van der Waals surface area contributed by atoms with Crippen LogP contribution in [0, 0.1) is 19.8 Å². The third-order valence-electron chi connectivity index (χ3n) is 2.99. The van der Waals surface area contributed by atoms with E-state index in [1.165, 1.54) is 10.4 Å². The van der Waals surface area contributed by atoms with Crippen molar-refractivity contribution in [2.24, 2.45) is 11.7 Å². The van der Waals surface area contributed by atoms with Crippen LogP contribution in [0.3, 0.4) is 0 Å². The number of aryl methyl sites for hydroxylation is 2. The fourth-order valence-electron chi connectivity index (χ4n) is 1.67. The third kappa shape index (κ3) is 2.40. The van der Waals surface area contributed by atoms with Crippen molar-refractivity contribution in [3.8, 4) is 0 Å². The molecule has 0 amide bonds. The SMILES string of the molecule is Cc1sc2ncnc(NCC(C)CN)c2c1C. The number of fused-ring (bicyclic) bond motifs is 1. The summed E-state index contributed by atoms with van der Waals surface area (Å²) in [5.41, 5.74) is 6.88. The summed E-state index contributed by atoms with van der Waals surface area (Å²) >= 11 is 1.72. The highest BCUT2D eigenvalue weighted by atomic mass is 32.1. The lowest BCUT2D eigenvalue weighted by Gasteiger charge is -2.11. The number of nitrogens with one attached hydrogen (secondary N) is 1. The number of rotatable bonds is 4. The van der Waals surface area contributed by atoms with E-state index in [2.05, 4.69) is 36.1 Å². The maximum Gasteiger partial charge on any atom is 0.138 e. The van der Waals surface area contributed by atoms with E-state index in [9.17, 15) is 0 Å². The molecule has 0 fully saturated rings. The van der Waals surface area contributed by atoms with Crippen LogP contribution in [-0.4, -0.2) is 23.1 Å². The van der Waals surface area contributed by atoms with Gasteiger partial charge in [0, 0.05) is 11.4 Å². The molecule has 1 atom stereocenters. The highest BCUT2D eigenvalue weighted by molar-refractivity contribution is 7.18. The van der Waals surface area contributed by atoms with Crippen LogP contribution in [0.4, 0.5) is 5.82 Å². The second kappa shape index (κ2) is 4.98. The number of hydrogen-bond acceptors (Lipinski definition) is 5. The van der Waals surface area contributed by atoms with Crippen LogP contribution in [0.2, 0.25) is 0 Å². The first kappa shape index (κ1) is 12.3. The number of nitrogens with zero attached hydrogens (tertiary/aromatic N) is 2. The van der Waals surface area contributed by atoms with Gasteiger partial charge in [0.1, 0.15) is 17.0 Å². The molecule has 0 saturated carbocycles. The first-order valence-corrected chi connectivity index (χ1v) is 6.59. The zero-order chi connectivity index (χ0) is 12.4. The number of nitrogens with two attached hydrogens (primary N) is 1. The van der Waals surface area contributed by atoms with Crippen molar-refractivity contribution in [2.75, 3.05) is 18.4 Å². The van der Waals surface area contributed by atoms with E-state index < -0.39 is 0 Å². The molecule has 0 spiro atoms. The van der Waals surface area contributed by atoms with Gasteiger partial charge < -0.3 is 11.1 Å². The largest absolute Gasteiger partial charge is 0.369 e. The molecular formula is C12H18N4S. The van der Waals surface area contributed by atoms with Gasteiger partial charge in [0.15, 0.2) is 0 Å². The Labute approximate surface area is 105 Å². The zero-order valence-corrected chi connectivity index (χ0v) is 11.3. The lowest BCUT2D eigenvalue weighted by atomic mass is 10.1. The van der Waals surface area contributed by atoms with Crippen molar-refractivity contribution >= 4 is 27.4 Å². The average molecular weight is 250 g/mol. The van der Waals surface area contributed by atoms with E-state index in [-0.39, 0.29) is 0 Å². The average Bonchev–Trinajstić information content (AvgIpc) is 2.63. The number of anilines is 1. The van der Waals surface area contributed by atoms with E-state index in [4.69, 9.17) is 5.73 Å². The normalized spacial score (nSPS) is 12.9. The molecule has 0 aliphatic carbocycles. The minimum atomic E-state index is 0.444. The molecular weight excluding hydrogens is 232 g/mol. The summed E-state index contributed by atoms with van der Waals surface area (Å²) in [4.78, 5) is 11.0. The summed E-state index contributed by atoms with van der Waals surface area (Å²) in [5, 5.41) is 4.52. The Bertz CT molecular complexity index is 520. The molecule has 0 radical (unpaired) electrons. The van der Waals surface area contributed by atoms with Crippen LogP contribution in [-0.2, 0) is 0 Å². The van der Waals surface area contributed by atoms with Gasteiger partial charge in [-0.3, -0.25) is 0 Å². The Kier molecular flexibility index (Phi) is 3.59. The number of thiophene rings is 1. The molecule has 17 heavy (non-hydrogen) atoms. The number of hydrogen-bond donors (Lipinski definition) is 2. The molecule has 0 bridgehead atoms. The highest BCUT2D eigenvalue weighted by Gasteiger charge is 2.11. The van der Waals surface area contributed by atoms with E-state index in [0.29, 0.717) is 12.5 Å². The van der Waals surface area contributed by atoms with Crippen molar-refractivity contribution in [3.05, 3.63) is 16.8 Å². The molecule has 92 valence electrons. The van der Waals surface area contributed by atoms with Crippen LogP contribution in [0.25, 0.3) is 10.2 Å². The zero-order valence-electron chi connectivity index (χ0n) is 10.4. The van der Waals surface area contributed by atoms with Gasteiger partial charge in [0.25, 0.3) is 0 Å². The number of aromatic nitrogens is 2. The molecule has 5 heteroatoms. The summed E-state index contributed by atoms with van der Waals surface area (Å²) in [7, 11) is 0. The van der Waals surface area contributed by atoms with Crippen LogP contribution in [0.1, 0.15) is 17.4 Å². The van der Waals surface area contributed by atoms with Gasteiger partial charge in [0.2, 0.25) is 0 Å². The van der Waals surface area contributed by atoms with Gasteiger partial charge in [-0.2, -0.15) is 0 Å². The molecule has 2 aromatic heterocycles. The lowest BCUT2D eigenvalue weighted by Crippen LogP contribution is -2.20. The summed E-state index contributed by atoms with van der Waals surface area (Å²) < 4.78 is 0. The Balaban J connectivity index is 2.33. The van der Waals surface area contributed by atoms with Crippen molar-refractivity contribution < 1.29 is 0 Å². The summed E-state index contributed by atoms with van der Waals surface area (Å²) in [5.74, 6) is 1.37. The molecule has 0 aliphatic heterocycles. The fraction of sp³-hybridized carbons (Fsp3) is 0.500. The standard InChI is InChI=1S/C12H18N4S/c1-7(4-13)5-14-11-10-8(2)9(3)17-12(10)16-6-15-11/h6-7H,4-5,13H2,1-3H3,(H,14,15,16). The molecule has 0 aliphatic rings. The second-order valence-corrected chi connectivity index (χ2v) is 5.61. The maximum absolute atomic E-state index is 5.61. The Morgan fingerprint density at radius 3 is 2.88 bits per heavy atom. The monoisotopic (exact) mass is 250 g/mol. The Hall–Kier alpha value is -1.20. The van der Waals surface area contributed by atoms with Crippen molar-refractivity contribution in [2.45, 2.75) is 20.8 Å². The van der Waals surface area contributed by atoms with Gasteiger partial charge in [-0.25, -0.2) is 9.97 Å². The van der Waals surface area contributed by atoms with Gasteiger partial charge >= 0.3 is 0 Å². The smallest absolute Gasteiger partial charge is 0.138 e. The van der Waals surface area contributed by atoms with Crippen molar-refractivity contribution in [1.29, 1.82) is 0 Å². The predicted octanol–water partition coefficient (Wildman–Crippen LogP) is 2.31. The second-order valence-electron chi connectivity index (χ2n) is 4.41. The summed E-state index contributed by atoms with van der Waals surface area (Å²) in [6.45, 7) is 7.89. The summed E-state index contributed by atoms with van der Waals surface area (Å²) in [6.07, 6.45) is 1.62. The highest BCUT2D eigenvalue weighted by Crippen LogP contribution is 2.32.